The molecule has 1 aromatic rings. The van der Waals surface area contributed by atoms with E-state index in [-0.39, 0.29) is 5.91 Å². The van der Waals surface area contributed by atoms with Crippen LogP contribution in [0.3, 0.4) is 0 Å². The minimum Gasteiger partial charge on any atom is -0.381 e. The van der Waals surface area contributed by atoms with Gasteiger partial charge in [0.15, 0.2) is 0 Å². The van der Waals surface area contributed by atoms with Crippen molar-refractivity contribution < 1.29 is 9.53 Å². The van der Waals surface area contributed by atoms with Crippen LogP contribution in [0.2, 0.25) is 0 Å². The molecule has 1 saturated heterocycles. The number of amides is 1. The summed E-state index contributed by atoms with van der Waals surface area (Å²) in [4.78, 5) is 11.9. The molecule has 0 radical (unpaired) electrons. The third kappa shape index (κ3) is 5.80. The molecule has 0 aromatic heterocycles. The van der Waals surface area contributed by atoms with Gasteiger partial charge in [-0.2, -0.15) is 0 Å². The number of hydrogen-bond donors (Lipinski definition) is 1. The Hall–Kier alpha value is -1.35. The quantitative estimate of drug-likeness (QED) is 0.780. The van der Waals surface area contributed by atoms with Gasteiger partial charge in [0.2, 0.25) is 5.91 Å². The van der Waals surface area contributed by atoms with Crippen LogP contribution in [0.1, 0.15) is 56.6 Å². The van der Waals surface area contributed by atoms with Crippen molar-refractivity contribution in [3.8, 4) is 0 Å². The second-order valence-corrected chi connectivity index (χ2v) is 6.64. The summed E-state index contributed by atoms with van der Waals surface area (Å²) < 4.78 is 5.41. The van der Waals surface area contributed by atoms with Crippen molar-refractivity contribution >= 4 is 5.91 Å². The van der Waals surface area contributed by atoms with Gasteiger partial charge in [-0.05, 0) is 48.6 Å². The molecule has 1 aliphatic heterocycles. The number of hydrogen-bond acceptors (Lipinski definition) is 2. The van der Waals surface area contributed by atoms with Gasteiger partial charge >= 0.3 is 0 Å². The Morgan fingerprint density at radius 2 is 2.09 bits per heavy atom. The van der Waals surface area contributed by atoms with E-state index >= 15 is 0 Å². The number of carbonyl (C=O) groups is 1. The van der Waals surface area contributed by atoms with Crippen molar-refractivity contribution in [2.75, 3.05) is 19.8 Å². The number of aryl methyl sites for hydroxylation is 1. The van der Waals surface area contributed by atoms with Gasteiger partial charge in [-0.25, -0.2) is 0 Å². The molecule has 3 nitrogen and oxygen atoms in total. The van der Waals surface area contributed by atoms with Gasteiger partial charge in [-0.15, -0.1) is 0 Å². The van der Waals surface area contributed by atoms with Crippen LogP contribution in [-0.4, -0.2) is 25.7 Å². The SMILES string of the molecule is CC(C)c1ccc(CCCNC(=O)CC2CCCOC2)cc1. The highest BCUT2D eigenvalue weighted by atomic mass is 16.5. The largest absolute Gasteiger partial charge is 0.381 e. The smallest absolute Gasteiger partial charge is 0.220 e. The fourth-order valence-corrected chi connectivity index (χ4v) is 2.89. The average Bonchev–Trinajstić information content (AvgIpc) is 2.53. The Morgan fingerprint density at radius 1 is 1.32 bits per heavy atom. The van der Waals surface area contributed by atoms with Crippen LogP contribution in [0.5, 0.6) is 0 Å². The van der Waals surface area contributed by atoms with Crippen molar-refractivity contribution in [2.45, 2.75) is 51.9 Å². The summed E-state index contributed by atoms with van der Waals surface area (Å²) in [5.74, 6) is 1.17. The standard InChI is InChI=1S/C19H29NO2/c1-15(2)18-9-7-16(8-10-18)5-3-11-20-19(21)13-17-6-4-12-22-14-17/h7-10,15,17H,3-6,11-14H2,1-2H3,(H,20,21). The van der Waals surface area contributed by atoms with Crippen LogP contribution in [0.25, 0.3) is 0 Å². The molecule has 122 valence electrons. The van der Waals surface area contributed by atoms with E-state index < -0.39 is 0 Å². The third-order valence-electron chi connectivity index (χ3n) is 4.34. The lowest BCUT2D eigenvalue weighted by Crippen LogP contribution is -2.29. The molecule has 22 heavy (non-hydrogen) atoms. The maximum atomic E-state index is 11.9. The maximum Gasteiger partial charge on any atom is 0.220 e. The molecule has 1 aromatic carbocycles. The highest BCUT2D eigenvalue weighted by molar-refractivity contribution is 5.76. The lowest BCUT2D eigenvalue weighted by atomic mass is 9.98. The fourth-order valence-electron chi connectivity index (χ4n) is 2.89. The average molecular weight is 303 g/mol. The normalized spacial score (nSPS) is 18.4. The van der Waals surface area contributed by atoms with Gasteiger partial charge in [0.25, 0.3) is 0 Å². The summed E-state index contributed by atoms with van der Waals surface area (Å²) in [5, 5.41) is 3.04. The molecule has 0 aliphatic carbocycles. The highest BCUT2D eigenvalue weighted by Gasteiger charge is 2.17. The van der Waals surface area contributed by atoms with Gasteiger partial charge in [0.05, 0.1) is 0 Å². The number of rotatable bonds is 7. The predicted molar refractivity (Wildman–Crippen MR) is 90.0 cm³/mol. The van der Waals surface area contributed by atoms with Crippen LogP contribution >= 0.6 is 0 Å². The Balaban J connectivity index is 1.60. The Bertz CT molecular complexity index is 447. The molecule has 1 aliphatic rings. The van der Waals surface area contributed by atoms with Crippen LogP contribution in [0, 0.1) is 5.92 Å². The molecule has 0 spiro atoms. The topological polar surface area (TPSA) is 38.3 Å². The van der Waals surface area contributed by atoms with Gasteiger partial charge in [0, 0.05) is 26.2 Å². The molecular formula is C19H29NO2. The first-order valence-electron chi connectivity index (χ1n) is 8.58. The monoisotopic (exact) mass is 303 g/mol. The fraction of sp³-hybridized carbons (Fsp3) is 0.632. The second-order valence-electron chi connectivity index (χ2n) is 6.64. The zero-order chi connectivity index (χ0) is 15.8. The summed E-state index contributed by atoms with van der Waals surface area (Å²) in [6.07, 6.45) is 4.84. The van der Waals surface area contributed by atoms with E-state index in [4.69, 9.17) is 4.74 Å². The summed E-state index contributed by atoms with van der Waals surface area (Å²) in [6.45, 7) is 6.78. The molecule has 3 heteroatoms. The number of ether oxygens (including phenoxy) is 1. The Kier molecular flexibility index (Phi) is 6.91. The summed E-state index contributed by atoms with van der Waals surface area (Å²) in [5.41, 5.74) is 2.73. The van der Waals surface area contributed by atoms with Crippen LogP contribution < -0.4 is 5.32 Å². The minimum atomic E-state index is 0.172. The number of nitrogens with one attached hydrogen (secondary N) is 1. The first kappa shape index (κ1) is 17.0. The molecular weight excluding hydrogens is 274 g/mol. The Morgan fingerprint density at radius 3 is 2.73 bits per heavy atom. The molecule has 0 bridgehead atoms. The van der Waals surface area contributed by atoms with Crippen LogP contribution in [-0.2, 0) is 16.0 Å². The second kappa shape index (κ2) is 8.94. The molecule has 1 N–H and O–H groups in total. The number of carbonyl (C=O) groups excluding carboxylic acids is 1. The maximum absolute atomic E-state index is 11.9. The third-order valence-corrected chi connectivity index (χ3v) is 4.34. The molecule has 1 atom stereocenters. The van der Waals surface area contributed by atoms with Crippen molar-refractivity contribution in [1.29, 1.82) is 0 Å². The van der Waals surface area contributed by atoms with E-state index in [1.807, 2.05) is 0 Å². The van der Waals surface area contributed by atoms with E-state index in [1.165, 1.54) is 11.1 Å². The Labute approximate surface area is 134 Å². The van der Waals surface area contributed by atoms with Crippen molar-refractivity contribution in [3.05, 3.63) is 35.4 Å². The van der Waals surface area contributed by atoms with E-state index in [1.54, 1.807) is 0 Å². The molecule has 0 saturated carbocycles. The van der Waals surface area contributed by atoms with Gasteiger partial charge in [0.1, 0.15) is 0 Å². The molecule has 1 amide bonds. The molecule has 1 fully saturated rings. The van der Waals surface area contributed by atoms with Gasteiger partial charge in [-0.1, -0.05) is 38.1 Å². The minimum absolute atomic E-state index is 0.172. The lowest BCUT2D eigenvalue weighted by molar-refractivity contribution is -0.123. The van der Waals surface area contributed by atoms with E-state index in [9.17, 15) is 4.79 Å². The van der Waals surface area contributed by atoms with Crippen LogP contribution in [0.15, 0.2) is 24.3 Å². The zero-order valence-corrected chi connectivity index (χ0v) is 13.9. The van der Waals surface area contributed by atoms with E-state index in [0.717, 1.165) is 45.4 Å². The van der Waals surface area contributed by atoms with E-state index in [0.29, 0.717) is 18.3 Å². The number of benzene rings is 1. The zero-order valence-electron chi connectivity index (χ0n) is 13.9. The van der Waals surface area contributed by atoms with Crippen molar-refractivity contribution in [1.82, 2.24) is 5.32 Å². The summed E-state index contributed by atoms with van der Waals surface area (Å²) in [6, 6.07) is 8.83. The van der Waals surface area contributed by atoms with Gasteiger partial charge in [-0.3, -0.25) is 4.79 Å². The van der Waals surface area contributed by atoms with Crippen molar-refractivity contribution in [2.24, 2.45) is 5.92 Å². The van der Waals surface area contributed by atoms with Crippen molar-refractivity contribution in [3.63, 3.8) is 0 Å². The van der Waals surface area contributed by atoms with Crippen LogP contribution in [0.4, 0.5) is 0 Å². The summed E-state index contributed by atoms with van der Waals surface area (Å²) >= 11 is 0. The molecule has 2 rings (SSSR count). The lowest BCUT2D eigenvalue weighted by Gasteiger charge is -2.21. The molecule has 1 heterocycles. The first-order valence-corrected chi connectivity index (χ1v) is 8.58. The molecule has 1 unspecified atom stereocenters. The highest BCUT2D eigenvalue weighted by Crippen LogP contribution is 2.17. The summed E-state index contributed by atoms with van der Waals surface area (Å²) in [7, 11) is 0. The van der Waals surface area contributed by atoms with E-state index in [2.05, 4.69) is 43.4 Å². The first-order chi connectivity index (χ1) is 10.6. The predicted octanol–water partition coefficient (Wildman–Crippen LogP) is 3.68. The van der Waals surface area contributed by atoms with Gasteiger partial charge < -0.3 is 10.1 Å².